The minimum Gasteiger partial charge on any atom is -0.480 e. The maximum atomic E-state index is 11.1. The van der Waals surface area contributed by atoms with Crippen LogP contribution in [0.25, 0.3) is 0 Å². The van der Waals surface area contributed by atoms with E-state index in [0.717, 1.165) is 4.90 Å². The summed E-state index contributed by atoms with van der Waals surface area (Å²) < 4.78 is 0. The van der Waals surface area contributed by atoms with Gasteiger partial charge in [-0.1, -0.05) is 0 Å². The number of carboxylic acids is 1. The van der Waals surface area contributed by atoms with Crippen molar-refractivity contribution in [1.29, 1.82) is 0 Å². The summed E-state index contributed by atoms with van der Waals surface area (Å²) in [6.07, 6.45) is 0.619. The van der Waals surface area contributed by atoms with Gasteiger partial charge in [-0.25, -0.2) is 0 Å². The molecule has 1 saturated heterocycles. The Hall–Kier alpha value is -1.39. The van der Waals surface area contributed by atoms with Gasteiger partial charge in [-0.2, -0.15) is 0 Å². The van der Waals surface area contributed by atoms with Crippen molar-refractivity contribution in [3.63, 3.8) is 0 Å². The normalized spacial score (nSPS) is 32.2. The number of imide groups is 1. The molecular weight excluding hydrogens is 162 g/mol. The SMILES string of the molecule is O=C(O)CN1C(=O)C2CC2C1=O. The van der Waals surface area contributed by atoms with E-state index in [4.69, 9.17) is 5.11 Å². The van der Waals surface area contributed by atoms with Gasteiger partial charge in [-0.05, 0) is 6.42 Å². The number of carboxylic acid groups (broad SMARTS) is 1. The van der Waals surface area contributed by atoms with Crippen molar-refractivity contribution in [1.82, 2.24) is 4.90 Å². The van der Waals surface area contributed by atoms with Crippen molar-refractivity contribution in [3.05, 3.63) is 0 Å². The first-order valence-electron chi connectivity index (χ1n) is 3.68. The average Bonchev–Trinajstić information content (AvgIpc) is 2.71. The van der Waals surface area contributed by atoms with Gasteiger partial charge in [0.2, 0.25) is 11.8 Å². The van der Waals surface area contributed by atoms with Crippen LogP contribution >= 0.6 is 0 Å². The second-order valence-corrected chi connectivity index (χ2v) is 3.11. The van der Waals surface area contributed by atoms with Crippen LogP contribution in [0.1, 0.15) is 6.42 Å². The average molecular weight is 169 g/mol. The highest BCUT2D eigenvalue weighted by molar-refractivity contribution is 6.10. The first-order chi connectivity index (χ1) is 5.61. The standard InChI is InChI=1S/C7H7NO4/c9-5(10)2-8-6(11)3-1-4(3)7(8)12/h3-4H,1-2H2,(H,9,10). The third-order valence-electron chi connectivity index (χ3n) is 2.25. The number of amides is 2. The molecule has 2 aliphatic rings. The Morgan fingerprint density at radius 2 is 1.92 bits per heavy atom. The number of aliphatic carboxylic acids is 1. The van der Waals surface area contributed by atoms with Crippen LogP contribution in [0.2, 0.25) is 0 Å². The van der Waals surface area contributed by atoms with Gasteiger partial charge in [0, 0.05) is 0 Å². The van der Waals surface area contributed by atoms with Gasteiger partial charge in [0.05, 0.1) is 11.8 Å². The third-order valence-corrected chi connectivity index (χ3v) is 2.25. The van der Waals surface area contributed by atoms with Gasteiger partial charge >= 0.3 is 5.97 Å². The molecule has 0 spiro atoms. The predicted octanol–water partition coefficient (Wildman–Crippen LogP) is -0.924. The minimum absolute atomic E-state index is 0.197. The van der Waals surface area contributed by atoms with Gasteiger partial charge in [0.15, 0.2) is 0 Å². The van der Waals surface area contributed by atoms with E-state index in [1.807, 2.05) is 0 Å². The fraction of sp³-hybridized carbons (Fsp3) is 0.571. The molecule has 0 aromatic rings. The van der Waals surface area contributed by atoms with Crippen molar-refractivity contribution in [2.75, 3.05) is 6.54 Å². The highest BCUT2D eigenvalue weighted by Gasteiger charge is 2.59. The van der Waals surface area contributed by atoms with E-state index < -0.39 is 12.5 Å². The summed E-state index contributed by atoms with van der Waals surface area (Å²) in [4.78, 5) is 33.3. The van der Waals surface area contributed by atoms with Crippen LogP contribution in [0.4, 0.5) is 0 Å². The van der Waals surface area contributed by atoms with Crippen LogP contribution in [0.5, 0.6) is 0 Å². The molecular formula is C7H7NO4. The van der Waals surface area contributed by atoms with Gasteiger partial charge in [0.1, 0.15) is 6.54 Å². The maximum absolute atomic E-state index is 11.1. The molecule has 0 aromatic carbocycles. The zero-order valence-electron chi connectivity index (χ0n) is 6.19. The molecule has 1 aliphatic carbocycles. The number of likely N-dealkylation sites (tertiary alicyclic amines) is 1. The predicted molar refractivity (Wildman–Crippen MR) is 36.0 cm³/mol. The molecule has 0 radical (unpaired) electrons. The van der Waals surface area contributed by atoms with Crippen LogP contribution < -0.4 is 0 Å². The molecule has 2 atom stereocenters. The molecule has 5 nitrogen and oxygen atoms in total. The molecule has 12 heavy (non-hydrogen) atoms. The number of fused-ring (bicyclic) bond motifs is 1. The highest BCUT2D eigenvalue weighted by atomic mass is 16.4. The second-order valence-electron chi connectivity index (χ2n) is 3.11. The zero-order chi connectivity index (χ0) is 8.88. The van der Waals surface area contributed by atoms with Crippen LogP contribution in [-0.2, 0) is 14.4 Å². The van der Waals surface area contributed by atoms with Crippen LogP contribution in [0.15, 0.2) is 0 Å². The lowest BCUT2D eigenvalue weighted by Gasteiger charge is -2.12. The van der Waals surface area contributed by atoms with E-state index in [9.17, 15) is 14.4 Å². The molecule has 1 heterocycles. The number of carbonyl (C=O) groups is 3. The molecule has 2 unspecified atom stereocenters. The summed E-state index contributed by atoms with van der Waals surface area (Å²) in [6.45, 7) is -0.481. The first kappa shape index (κ1) is 7.27. The summed E-state index contributed by atoms with van der Waals surface area (Å²) in [5, 5.41) is 8.36. The summed E-state index contributed by atoms with van der Waals surface area (Å²) in [5.41, 5.74) is 0. The minimum atomic E-state index is -1.14. The zero-order valence-corrected chi connectivity index (χ0v) is 6.19. The van der Waals surface area contributed by atoms with Crippen LogP contribution in [0.3, 0.4) is 0 Å². The number of hydrogen-bond donors (Lipinski definition) is 1. The van der Waals surface area contributed by atoms with Crippen molar-refractivity contribution >= 4 is 17.8 Å². The molecule has 0 bridgehead atoms. The molecule has 1 aliphatic heterocycles. The lowest BCUT2D eigenvalue weighted by Crippen LogP contribution is -2.37. The maximum Gasteiger partial charge on any atom is 0.323 e. The highest BCUT2D eigenvalue weighted by Crippen LogP contribution is 2.46. The molecule has 64 valence electrons. The Morgan fingerprint density at radius 1 is 1.42 bits per heavy atom. The topological polar surface area (TPSA) is 74.7 Å². The molecule has 5 heteroatoms. The third kappa shape index (κ3) is 0.823. The quantitative estimate of drug-likeness (QED) is 0.542. The summed E-state index contributed by atoms with van der Waals surface area (Å²) in [5.74, 6) is -2.16. The molecule has 1 N–H and O–H groups in total. The summed E-state index contributed by atoms with van der Waals surface area (Å²) in [7, 11) is 0. The Morgan fingerprint density at radius 3 is 2.33 bits per heavy atom. The molecule has 0 aromatic heterocycles. The van der Waals surface area contributed by atoms with Crippen molar-refractivity contribution in [2.24, 2.45) is 11.8 Å². The number of piperidine rings is 1. The van der Waals surface area contributed by atoms with E-state index in [1.54, 1.807) is 0 Å². The largest absolute Gasteiger partial charge is 0.480 e. The van der Waals surface area contributed by atoms with Gasteiger partial charge in [-0.3, -0.25) is 19.3 Å². The molecule has 1 saturated carbocycles. The lowest BCUT2D eigenvalue weighted by atomic mass is 10.4. The van der Waals surface area contributed by atoms with Gasteiger partial charge in [-0.15, -0.1) is 0 Å². The first-order valence-corrected chi connectivity index (χ1v) is 3.68. The number of nitrogens with zero attached hydrogens (tertiary/aromatic N) is 1. The van der Waals surface area contributed by atoms with Crippen LogP contribution in [-0.4, -0.2) is 34.3 Å². The summed E-state index contributed by atoms with van der Waals surface area (Å²) in [6, 6.07) is 0. The lowest BCUT2D eigenvalue weighted by molar-refractivity contribution is -0.150. The smallest absolute Gasteiger partial charge is 0.323 e. The Kier molecular flexibility index (Phi) is 1.25. The monoisotopic (exact) mass is 169 g/mol. The van der Waals surface area contributed by atoms with E-state index in [1.165, 1.54) is 0 Å². The fourth-order valence-electron chi connectivity index (χ4n) is 1.54. The van der Waals surface area contributed by atoms with E-state index in [2.05, 4.69) is 0 Å². The Balaban J connectivity index is 2.12. The summed E-state index contributed by atoms with van der Waals surface area (Å²) >= 11 is 0. The van der Waals surface area contributed by atoms with Crippen molar-refractivity contribution in [3.8, 4) is 0 Å². The van der Waals surface area contributed by atoms with E-state index in [0.29, 0.717) is 6.42 Å². The molecule has 2 fully saturated rings. The number of carbonyl (C=O) groups excluding carboxylic acids is 2. The Bertz CT molecular complexity index is 265. The van der Waals surface area contributed by atoms with Crippen molar-refractivity contribution in [2.45, 2.75) is 6.42 Å². The number of rotatable bonds is 2. The second kappa shape index (κ2) is 2.06. The van der Waals surface area contributed by atoms with E-state index in [-0.39, 0.29) is 23.7 Å². The fourth-order valence-corrected chi connectivity index (χ4v) is 1.54. The van der Waals surface area contributed by atoms with Crippen LogP contribution in [0, 0.1) is 11.8 Å². The van der Waals surface area contributed by atoms with Gasteiger partial charge in [0.25, 0.3) is 0 Å². The molecule has 2 rings (SSSR count). The Labute approximate surface area is 68.0 Å². The number of hydrogen-bond acceptors (Lipinski definition) is 3. The van der Waals surface area contributed by atoms with Gasteiger partial charge < -0.3 is 5.11 Å². The van der Waals surface area contributed by atoms with Crippen molar-refractivity contribution < 1.29 is 19.5 Å². The van der Waals surface area contributed by atoms with E-state index >= 15 is 0 Å². The molecule has 2 amide bonds.